The Labute approximate surface area is 127 Å². The van der Waals surface area contributed by atoms with Gasteiger partial charge in [-0.3, -0.25) is 0 Å². The van der Waals surface area contributed by atoms with Gasteiger partial charge < -0.3 is 10.6 Å². The zero-order chi connectivity index (χ0) is 14.9. The van der Waals surface area contributed by atoms with E-state index in [9.17, 15) is 0 Å². The van der Waals surface area contributed by atoms with E-state index in [4.69, 9.17) is 22.9 Å². The number of nitrogens with zero attached hydrogens (tertiary/aromatic N) is 2. The van der Waals surface area contributed by atoms with Gasteiger partial charge in [0.1, 0.15) is 10.8 Å². The topological polar surface area (TPSA) is 42.2 Å². The molecule has 0 bridgehead atoms. The van der Waals surface area contributed by atoms with Gasteiger partial charge in [-0.15, -0.1) is 0 Å². The summed E-state index contributed by atoms with van der Waals surface area (Å²) in [4.78, 5) is 7.69. The first-order valence-electron chi connectivity index (χ1n) is 7.49. The zero-order valence-electron chi connectivity index (χ0n) is 12.9. The Balaban J connectivity index is 2.49. The average Bonchev–Trinajstić information content (AvgIpc) is 2.80. The van der Waals surface area contributed by atoms with Crippen molar-refractivity contribution in [1.82, 2.24) is 4.98 Å². The van der Waals surface area contributed by atoms with Gasteiger partial charge in [0.25, 0.3) is 0 Å². The van der Waals surface area contributed by atoms with Crippen molar-refractivity contribution < 1.29 is 0 Å². The fourth-order valence-electron chi connectivity index (χ4n) is 2.80. The summed E-state index contributed by atoms with van der Waals surface area (Å²) in [6, 6.07) is 2.56. The number of hydrogen-bond donors (Lipinski definition) is 1. The number of nitrogens with two attached hydrogens (primary N) is 1. The molecule has 0 atom stereocenters. The Kier molecular flexibility index (Phi) is 4.63. The fraction of sp³-hybridized carbons (Fsp3) is 0.625. The second-order valence-corrected chi connectivity index (χ2v) is 6.76. The first kappa shape index (κ1) is 15.2. The molecule has 0 saturated carbocycles. The number of thiocarbonyl (C=S) groups is 1. The predicted octanol–water partition coefficient (Wildman–Crippen LogP) is 3.08. The van der Waals surface area contributed by atoms with Crippen LogP contribution in [-0.2, 0) is 12.8 Å². The van der Waals surface area contributed by atoms with Crippen LogP contribution in [0, 0.1) is 5.92 Å². The summed E-state index contributed by atoms with van der Waals surface area (Å²) in [6.45, 7) is 9.81. The molecule has 1 aromatic rings. The highest BCUT2D eigenvalue weighted by Gasteiger charge is 2.23. The molecule has 2 N–H and O–H groups in total. The molecule has 1 aromatic heterocycles. The SMILES string of the molecule is CC(C)CN(c1nc2c(cc1C(N)=S)CCC2)C(C)C. The van der Waals surface area contributed by atoms with Crippen LogP contribution in [0.4, 0.5) is 5.82 Å². The molecule has 20 heavy (non-hydrogen) atoms. The minimum atomic E-state index is 0.387. The summed E-state index contributed by atoms with van der Waals surface area (Å²) < 4.78 is 0. The molecule has 1 aliphatic rings. The highest BCUT2D eigenvalue weighted by molar-refractivity contribution is 7.80. The van der Waals surface area contributed by atoms with Crippen molar-refractivity contribution in [3.63, 3.8) is 0 Å². The number of anilines is 1. The Hall–Kier alpha value is -1.16. The Morgan fingerprint density at radius 2 is 2.05 bits per heavy atom. The first-order valence-corrected chi connectivity index (χ1v) is 7.90. The smallest absolute Gasteiger partial charge is 0.139 e. The molecule has 0 saturated heterocycles. The third-order valence-electron chi connectivity index (χ3n) is 3.75. The summed E-state index contributed by atoms with van der Waals surface area (Å²) in [5.74, 6) is 1.55. The number of hydrogen-bond acceptors (Lipinski definition) is 3. The highest BCUT2D eigenvalue weighted by atomic mass is 32.1. The van der Waals surface area contributed by atoms with Crippen LogP contribution < -0.4 is 10.6 Å². The maximum absolute atomic E-state index is 5.94. The minimum Gasteiger partial charge on any atom is -0.389 e. The normalized spacial score (nSPS) is 13.9. The molecule has 0 unspecified atom stereocenters. The van der Waals surface area contributed by atoms with E-state index in [0.29, 0.717) is 16.9 Å². The summed E-state index contributed by atoms with van der Waals surface area (Å²) >= 11 is 5.25. The molecule has 1 aliphatic carbocycles. The van der Waals surface area contributed by atoms with Crippen LogP contribution in [-0.4, -0.2) is 22.6 Å². The van der Waals surface area contributed by atoms with Gasteiger partial charge in [0, 0.05) is 18.3 Å². The molecule has 1 heterocycles. The Morgan fingerprint density at radius 1 is 1.35 bits per heavy atom. The molecule has 110 valence electrons. The standard InChI is InChI=1S/C16H25N3S/c1-10(2)9-19(11(3)4)16-13(15(17)20)8-12-6-5-7-14(12)18-16/h8,10-11H,5-7,9H2,1-4H3,(H2,17,20). The van der Waals surface area contributed by atoms with Crippen molar-refractivity contribution in [1.29, 1.82) is 0 Å². The molecule has 0 aliphatic heterocycles. The van der Waals surface area contributed by atoms with Gasteiger partial charge in [-0.05, 0) is 50.7 Å². The molecule has 0 spiro atoms. The Morgan fingerprint density at radius 3 is 2.60 bits per heavy atom. The van der Waals surface area contributed by atoms with E-state index in [1.54, 1.807) is 0 Å². The molecule has 0 aromatic carbocycles. The van der Waals surface area contributed by atoms with Crippen LogP contribution in [0.3, 0.4) is 0 Å². The second kappa shape index (κ2) is 6.08. The van der Waals surface area contributed by atoms with Gasteiger partial charge in [-0.2, -0.15) is 0 Å². The van der Waals surface area contributed by atoms with E-state index in [0.717, 1.165) is 30.8 Å². The summed E-state index contributed by atoms with van der Waals surface area (Å²) in [6.07, 6.45) is 3.37. The van der Waals surface area contributed by atoms with Gasteiger partial charge >= 0.3 is 0 Å². The van der Waals surface area contributed by atoms with Gasteiger partial charge in [0.15, 0.2) is 0 Å². The molecular formula is C16H25N3S. The average molecular weight is 291 g/mol. The van der Waals surface area contributed by atoms with Crippen LogP contribution in [0.15, 0.2) is 6.07 Å². The van der Waals surface area contributed by atoms with Crippen LogP contribution >= 0.6 is 12.2 Å². The zero-order valence-corrected chi connectivity index (χ0v) is 13.8. The second-order valence-electron chi connectivity index (χ2n) is 6.32. The number of aryl methyl sites for hydroxylation is 2. The molecule has 0 fully saturated rings. The van der Waals surface area contributed by atoms with Gasteiger partial charge in [-0.1, -0.05) is 26.1 Å². The van der Waals surface area contributed by atoms with Crippen LogP contribution in [0.5, 0.6) is 0 Å². The number of pyridine rings is 1. The number of fused-ring (bicyclic) bond motifs is 1. The third kappa shape index (κ3) is 3.11. The largest absolute Gasteiger partial charge is 0.389 e. The highest BCUT2D eigenvalue weighted by Crippen LogP contribution is 2.29. The monoisotopic (exact) mass is 291 g/mol. The van der Waals surface area contributed by atoms with Crippen molar-refractivity contribution in [2.75, 3.05) is 11.4 Å². The van der Waals surface area contributed by atoms with Crippen molar-refractivity contribution in [2.24, 2.45) is 11.7 Å². The van der Waals surface area contributed by atoms with Crippen molar-refractivity contribution in [2.45, 2.75) is 53.0 Å². The number of rotatable bonds is 5. The molecule has 0 amide bonds. The molecule has 4 heteroatoms. The first-order chi connectivity index (χ1) is 9.40. The van der Waals surface area contributed by atoms with Gasteiger partial charge in [-0.25, -0.2) is 4.98 Å². The minimum absolute atomic E-state index is 0.387. The lowest BCUT2D eigenvalue weighted by Gasteiger charge is -2.31. The van der Waals surface area contributed by atoms with Crippen molar-refractivity contribution in [3.8, 4) is 0 Å². The van der Waals surface area contributed by atoms with E-state index >= 15 is 0 Å². The van der Waals surface area contributed by atoms with Gasteiger partial charge in [0.05, 0.1) is 5.56 Å². The van der Waals surface area contributed by atoms with E-state index < -0.39 is 0 Å². The molecular weight excluding hydrogens is 266 g/mol. The van der Waals surface area contributed by atoms with Crippen molar-refractivity contribution >= 4 is 23.0 Å². The van der Waals surface area contributed by atoms with Gasteiger partial charge in [0.2, 0.25) is 0 Å². The molecule has 2 rings (SSSR count). The summed E-state index contributed by atoms with van der Waals surface area (Å²) in [7, 11) is 0. The lowest BCUT2D eigenvalue weighted by Crippen LogP contribution is -2.36. The quantitative estimate of drug-likeness (QED) is 0.847. The Bertz CT molecular complexity index is 509. The van der Waals surface area contributed by atoms with Crippen LogP contribution in [0.25, 0.3) is 0 Å². The lowest BCUT2D eigenvalue weighted by molar-refractivity contribution is 0.565. The maximum atomic E-state index is 5.94. The summed E-state index contributed by atoms with van der Waals surface area (Å²) in [5.41, 5.74) is 9.44. The van der Waals surface area contributed by atoms with E-state index in [1.807, 2.05) is 0 Å². The fourth-order valence-corrected chi connectivity index (χ4v) is 2.95. The van der Waals surface area contributed by atoms with E-state index in [-0.39, 0.29) is 0 Å². The van der Waals surface area contributed by atoms with Crippen LogP contribution in [0.1, 0.15) is 50.9 Å². The maximum Gasteiger partial charge on any atom is 0.139 e. The van der Waals surface area contributed by atoms with E-state index in [2.05, 4.69) is 38.7 Å². The van der Waals surface area contributed by atoms with Crippen molar-refractivity contribution in [3.05, 3.63) is 22.9 Å². The third-order valence-corrected chi connectivity index (χ3v) is 3.97. The van der Waals surface area contributed by atoms with Crippen LogP contribution in [0.2, 0.25) is 0 Å². The predicted molar refractivity (Wildman–Crippen MR) is 89.5 cm³/mol. The van der Waals surface area contributed by atoms with E-state index in [1.165, 1.54) is 17.7 Å². The number of aromatic nitrogens is 1. The summed E-state index contributed by atoms with van der Waals surface area (Å²) in [5, 5.41) is 0. The molecule has 0 radical (unpaired) electrons. The molecule has 3 nitrogen and oxygen atoms in total. The lowest BCUT2D eigenvalue weighted by atomic mass is 10.1.